The molecule has 0 saturated carbocycles. The van der Waals surface area contributed by atoms with Crippen molar-refractivity contribution in [1.82, 2.24) is 0 Å². The fourth-order valence-electron chi connectivity index (χ4n) is 4.32. The fourth-order valence-corrected chi connectivity index (χ4v) is 4.32. The second-order valence-electron chi connectivity index (χ2n) is 9.05. The Balaban J connectivity index is 5.76. The van der Waals surface area contributed by atoms with Crippen LogP contribution in [0.1, 0.15) is 85.5 Å². The molecule has 0 aromatic carbocycles. The van der Waals surface area contributed by atoms with Crippen LogP contribution in [0, 0.1) is 17.8 Å². The first-order valence-electron chi connectivity index (χ1n) is 12.3. The summed E-state index contributed by atoms with van der Waals surface area (Å²) in [5, 5.41) is 29.1. The van der Waals surface area contributed by atoms with Crippen LogP contribution in [0.2, 0.25) is 0 Å². The third-order valence-corrected chi connectivity index (χ3v) is 6.51. The Labute approximate surface area is 194 Å². The number of unbranched alkanes of at least 4 members (excludes halogenated alkanes) is 4. The van der Waals surface area contributed by atoms with Gasteiger partial charge in [0, 0.05) is 6.42 Å². The summed E-state index contributed by atoms with van der Waals surface area (Å²) in [7, 11) is 0. The maximum atomic E-state index is 11.8. The molecule has 0 aromatic heterocycles. The summed E-state index contributed by atoms with van der Waals surface area (Å²) in [6.45, 7) is 8.92. The lowest BCUT2D eigenvalue weighted by molar-refractivity contribution is -0.934. The lowest BCUT2D eigenvalue weighted by atomic mass is 9.96. The normalized spacial score (nSPS) is 16.4. The molecular weight excluding hydrogens is 410 g/mol. The van der Waals surface area contributed by atoms with Gasteiger partial charge < -0.3 is 19.8 Å². The van der Waals surface area contributed by atoms with Crippen molar-refractivity contribution in [3.63, 3.8) is 0 Å². The molecule has 0 spiro atoms. The van der Waals surface area contributed by atoms with Gasteiger partial charge in [0.05, 0.1) is 26.2 Å². The molecule has 0 amide bonds. The highest BCUT2D eigenvalue weighted by molar-refractivity contribution is 5.71. The standard InChI is InChI=1S/C25H45NO6/c1-5-9-10-11-12-13-14-15-16-26(17-20(6-2)23(27)28,18-21(7-3)24(29)30)19-22(8-4)25(31)32/h13-14,20-22H,5-12,15-19H2,1-4H3,(H2-,27,28,29,30,31,32)/p+1/b14-13+. The van der Waals surface area contributed by atoms with Crippen molar-refractivity contribution < 1.29 is 34.2 Å². The molecule has 0 aliphatic heterocycles. The Morgan fingerprint density at radius 3 is 1.41 bits per heavy atom. The molecule has 0 rings (SSSR count). The van der Waals surface area contributed by atoms with Gasteiger partial charge in [0.25, 0.3) is 0 Å². The molecule has 0 fully saturated rings. The van der Waals surface area contributed by atoms with Crippen molar-refractivity contribution >= 4 is 17.9 Å². The number of hydrogen-bond donors (Lipinski definition) is 3. The first-order valence-corrected chi connectivity index (χ1v) is 12.3. The number of allylic oxidation sites excluding steroid dienone is 1. The van der Waals surface area contributed by atoms with E-state index in [1.807, 2.05) is 20.8 Å². The zero-order valence-electron chi connectivity index (χ0n) is 20.6. The number of carboxylic acid groups (broad SMARTS) is 3. The minimum atomic E-state index is -0.909. The maximum absolute atomic E-state index is 11.8. The molecule has 0 aliphatic rings. The minimum absolute atomic E-state index is 0.209. The van der Waals surface area contributed by atoms with Gasteiger partial charge in [-0.2, -0.15) is 0 Å². The SMILES string of the molecule is CCCCCC/C=C/CC[N+](CC(CC)C(=O)O)(CC(CC)C(=O)O)CC(CC)C(=O)O. The number of nitrogens with zero attached hydrogens (tertiary/aromatic N) is 1. The Kier molecular flexibility index (Phi) is 15.7. The average molecular weight is 457 g/mol. The summed E-state index contributed by atoms with van der Waals surface area (Å²) >= 11 is 0. The largest absolute Gasteiger partial charge is 0.481 e. The van der Waals surface area contributed by atoms with E-state index < -0.39 is 35.7 Å². The van der Waals surface area contributed by atoms with Crippen molar-refractivity contribution in [3.05, 3.63) is 12.2 Å². The monoisotopic (exact) mass is 456 g/mol. The van der Waals surface area contributed by atoms with Crippen LogP contribution in [0.5, 0.6) is 0 Å². The molecular formula is C25H46NO6+. The van der Waals surface area contributed by atoms with Crippen LogP contribution in [0.25, 0.3) is 0 Å². The van der Waals surface area contributed by atoms with Gasteiger partial charge in [0.2, 0.25) is 0 Å². The number of hydrogen-bond acceptors (Lipinski definition) is 3. The van der Waals surface area contributed by atoms with E-state index in [9.17, 15) is 29.7 Å². The highest BCUT2D eigenvalue weighted by Crippen LogP contribution is 2.24. The van der Waals surface area contributed by atoms with Gasteiger partial charge in [0.1, 0.15) is 17.8 Å². The van der Waals surface area contributed by atoms with Gasteiger partial charge in [0.15, 0.2) is 0 Å². The zero-order chi connectivity index (χ0) is 24.6. The predicted octanol–water partition coefficient (Wildman–Crippen LogP) is 5.05. The number of rotatable bonds is 20. The van der Waals surface area contributed by atoms with E-state index in [2.05, 4.69) is 19.1 Å². The molecule has 3 unspecified atom stereocenters. The van der Waals surface area contributed by atoms with E-state index in [-0.39, 0.29) is 24.1 Å². The highest BCUT2D eigenvalue weighted by atomic mass is 16.4. The van der Waals surface area contributed by atoms with Gasteiger partial charge in [-0.15, -0.1) is 0 Å². The van der Waals surface area contributed by atoms with Gasteiger partial charge in [-0.3, -0.25) is 14.4 Å². The first-order chi connectivity index (χ1) is 15.2. The molecule has 7 heteroatoms. The van der Waals surface area contributed by atoms with E-state index >= 15 is 0 Å². The second-order valence-corrected chi connectivity index (χ2v) is 9.05. The topological polar surface area (TPSA) is 112 Å². The van der Waals surface area contributed by atoms with Crippen LogP contribution in [-0.2, 0) is 14.4 Å². The van der Waals surface area contributed by atoms with Crippen LogP contribution < -0.4 is 0 Å². The number of carbonyl (C=O) groups is 3. The van der Waals surface area contributed by atoms with E-state index in [4.69, 9.17) is 0 Å². The van der Waals surface area contributed by atoms with Crippen molar-refractivity contribution in [2.45, 2.75) is 85.5 Å². The molecule has 0 heterocycles. The molecule has 3 N–H and O–H groups in total. The Morgan fingerprint density at radius 2 is 1.06 bits per heavy atom. The fraction of sp³-hybridized carbons (Fsp3) is 0.800. The van der Waals surface area contributed by atoms with E-state index in [0.29, 0.717) is 32.2 Å². The van der Waals surface area contributed by atoms with E-state index in [1.54, 1.807) is 0 Å². The zero-order valence-corrected chi connectivity index (χ0v) is 20.6. The maximum Gasteiger partial charge on any atom is 0.312 e. The minimum Gasteiger partial charge on any atom is -0.481 e. The van der Waals surface area contributed by atoms with Crippen molar-refractivity contribution in [1.29, 1.82) is 0 Å². The number of carboxylic acids is 3. The molecule has 3 atom stereocenters. The predicted molar refractivity (Wildman–Crippen MR) is 126 cm³/mol. The molecule has 0 radical (unpaired) electrons. The van der Waals surface area contributed by atoms with Crippen LogP contribution in [0.15, 0.2) is 12.2 Å². The lowest BCUT2D eigenvalue weighted by Gasteiger charge is -2.43. The van der Waals surface area contributed by atoms with Gasteiger partial charge in [-0.05, 0) is 32.1 Å². The van der Waals surface area contributed by atoms with Crippen molar-refractivity contribution in [2.75, 3.05) is 26.2 Å². The molecule has 186 valence electrons. The number of quaternary nitrogens is 1. The smallest absolute Gasteiger partial charge is 0.312 e. The molecule has 0 aromatic rings. The lowest BCUT2D eigenvalue weighted by Crippen LogP contribution is -2.58. The molecule has 32 heavy (non-hydrogen) atoms. The Hall–Kier alpha value is -1.89. The van der Waals surface area contributed by atoms with Crippen LogP contribution in [-0.4, -0.2) is 63.9 Å². The van der Waals surface area contributed by atoms with Gasteiger partial charge >= 0.3 is 17.9 Å². The van der Waals surface area contributed by atoms with Crippen LogP contribution in [0.3, 0.4) is 0 Å². The summed E-state index contributed by atoms with van der Waals surface area (Å²) in [4.78, 5) is 35.5. The summed E-state index contributed by atoms with van der Waals surface area (Å²) < 4.78 is 0.209. The summed E-state index contributed by atoms with van der Waals surface area (Å²) in [6, 6.07) is 0. The van der Waals surface area contributed by atoms with Crippen LogP contribution >= 0.6 is 0 Å². The Morgan fingerprint density at radius 1 is 0.656 bits per heavy atom. The summed E-state index contributed by atoms with van der Waals surface area (Å²) in [5.41, 5.74) is 0. The summed E-state index contributed by atoms with van der Waals surface area (Å²) in [5.74, 6) is -4.63. The second kappa shape index (κ2) is 16.7. The highest BCUT2D eigenvalue weighted by Gasteiger charge is 2.40. The third kappa shape index (κ3) is 11.7. The van der Waals surface area contributed by atoms with Crippen molar-refractivity contribution in [3.8, 4) is 0 Å². The first kappa shape index (κ1) is 30.1. The Bertz CT molecular complexity index is 529. The summed E-state index contributed by atoms with van der Waals surface area (Å²) in [6.07, 6.45) is 11.9. The van der Waals surface area contributed by atoms with E-state index in [0.717, 1.165) is 12.8 Å². The average Bonchev–Trinajstić information content (AvgIpc) is 2.75. The molecule has 7 nitrogen and oxygen atoms in total. The third-order valence-electron chi connectivity index (χ3n) is 6.51. The number of aliphatic carboxylic acids is 3. The molecule has 0 saturated heterocycles. The van der Waals surface area contributed by atoms with Gasteiger partial charge in [-0.25, -0.2) is 0 Å². The van der Waals surface area contributed by atoms with E-state index in [1.165, 1.54) is 19.3 Å². The quantitative estimate of drug-likeness (QED) is 0.134. The van der Waals surface area contributed by atoms with Gasteiger partial charge in [-0.1, -0.05) is 59.1 Å². The molecule has 0 bridgehead atoms. The van der Waals surface area contributed by atoms with Crippen molar-refractivity contribution in [2.24, 2.45) is 17.8 Å². The van der Waals surface area contributed by atoms with Crippen LogP contribution in [0.4, 0.5) is 0 Å². The molecule has 0 aliphatic carbocycles.